The largest absolute Gasteiger partial charge is 0.452 e. The van der Waals surface area contributed by atoms with Gasteiger partial charge in [0.2, 0.25) is 5.91 Å². The molecule has 0 saturated carbocycles. The SMILES string of the molecule is CC(N)(CC(N)=O)c1ccc(Br)o1. The number of furan rings is 1. The van der Waals surface area contributed by atoms with E-state index in [2.05, 4.69) is 15.9 Å². The molecule has 0 bridgehead atoms. The molecule has 0 aliphatic rings. The molecule has 4 nitrogen and oxygen atoms in total. The van der Waals surface area contributed by atoms with E-state index >= 15 is 0 Å². The number of nitrogens with two attached hydrogens (primary N) is 2. The summed E-state index contributed by atoms with van der Waals surface area (Å²) in [6.45, 7) is 1.70. The fourth-order valence-electron chi connectivity index (χ4n) is 1.07. The van der Waals surface area contributed by atoms with Gasteiger partial charge in [0.25, 0.3) is 0 Å². The minimum atomic E-state index is -0.835. The lowest BCUT2D eigenvalue weighted by molar-refractivity contribution is -0.119. The van der Waals surface area contributed by atoms with Crippen molar-refractivity contribution in [2.24, 2.45) is 11.5 Å². The maximum Gasteiger partial charge on any atom is 0.219 e. The molecule has 0 aliphatic heterocycles. The van der Waals surface area contributed by atoms with E-state index in [4.69, 9.17) is 15.9 Å². The van der Waals surface area contributed by atoms with E-state index in [-0.39, 0.29) is 6.42 Å². The van der Waals surface area contributed by atoms with Crippen LogP contribution in [0.4, 0.5) is 0 Å². The number of halogens is 1. The van der Waals surface area contributed by atoms with Gasteiger partial charge in [-0.3, -0.25) is 4.79 Å². The Balaban J connectivity index is 2.86. The second-order valence-corrected chi connectivity index (χ2v) is 3.95. The minimum Gasteiger partial charge on any atom is -0.452 e. The van der Waals surface area contributed by atoms with Gasteiger partial charge >= 0.3 is 0 Å². The van der Waals surface area contributed by atoms with Crippen molar-refractivity contribution in [1.82, 2.24) is 0 Å². The minimum absolute atomic E-state index is 0.0625. The monoisotopic (exact) mass is 246 g/mol. The van der Waals surface area contributed by atoms with Gasteiger partial charge in [0.1, 0.15) is 5.76 Å². The molecule has 72 valence electrons. The van der Waals surface area contributed by atoms with Crippen LogP contribution in [0.2, 0.25) is 0 Å². The molecule has 4 N–H and O–H groups in total. The van der Waals surface area contributed by atoms with Crippen LogP contribution in [0.1, 0.15) is 19.1 Å². The molecule has 0 fully saturated rings. The Morgan fingerprint density at radius 1 is 1.69 bits per heavy atom. The second-order valence-electron chi connectivity index (χ2n) is 3.16. The van der Waals surface area contributed by atoms with Crippen molar-refractivity contribution in [3.05, 3.63) is 22.6 Å². The first-order valence-corrected chi connectivity index (χ1v) is 4.54. The Kier molecular flexibility index (Phi) is 2.77. The van der Waals surface area contributed by atoms with Crippen LogP contribution in [-0.2, 0) is 10.3 Å². The predicted molar refractivity (Wildman–Crippen MR) is 51.8 cm³/mol. The van der Waals surface area contributed by atoms with Crippen molar-refractivity contribution in [2.75, 3.05) is 0 Å². The van der Waals surface area contributed by atoms with E-state index < -0.39 is 11.4 Å². The number of hydrogen-bond acceptors (Lipinski definition) is 3. The lowest BCUT2D eigenvalue weighted by Gasteiger charge is -2.19. The van der Waals surface area contributed by atoms with Crippen LogP contribution in [0.3, 0.4) is 0 Å². The molecule has 1 heterocycles. The molecule has 0 aliphatic carbocycles. The highest BCUT2D eigenvalue weighted by Gasteiger charge is 2.27. The summed E-state index contributed by atoms with van der Waals surface area (Å²) in [5, 5.41) is 0. The van der Waals surface area contributed by atoms with Crippen molar-refractivity contribution in [1.29, 1.82) is 0 Å². The summed E-state index contributed by atoms with van der Waals surface area (Å²) in [5.74, 6) is 0.0932. The topological polar surface area (TPSA) is 82.2 Å². The molecule has 13 heavy (non-hydrogen) atoms. The first-order valence-electron chi connectivity index (χ1n) is 3.75. The van der Waals surface area contributed by atoms with Crippen LogP contribution < -0.4 is 11.5 Å². The molecule has 1 amide bonds. The average molecular weight is 247 g/mol. The van der Waals surface area contributed by atoms with Crippen LogP contribution in [-0.4, -0.2) is 5.91 Å². The van der Waals surface area contributed by atoms with E-state index in [9.17, 15) is 4.79 Å². The number of rotatable bonds is 3. The van der Waals surface area contributed by atoms with E-state index in [0.717, 1.165) is 0 Å². The summed E-state index contributed by atoms with van der Waals surface area (Å²) in [6, 6.07) is 3.44. The maximum atomic E-state index is 10.7. The Morgan fingerprint density at radius 2 is 2.31 bits per heavy atom. The van der Waals surface area contributed by atoms with Crippen molar-refractivity contribution in [3.63, 3.8) is 0 Å². The van der Waals surface area contributed by atoms with Gasteiger partial charge in [-0.2, -0.15) is 0 Å². The summed E-state index contributed by atoms with van der Waals surface area (Å²) >= 11 is 3.15. The first kappa shape index (κ1) is 10.3. The molecule has 1 rings (SSSR count). The molecular formula is C8H11BrN2O2. The van der Waals surface area contributed by atoms with Crippen LogP contribution in [0, 0.1) is 0 Å². The maximum absolute atomic E-state index is 10.7. The third-order valence-corrected chi connectivity index (χ3v) is 2.10. The molecule has 0 aromatic carbocycles. The fourth-order valence-corrected chi connectivity index (χ4v) is 1.38. The van der Waals surface area contributed by atoms with Crippen LogP contribution >= 0.6 is 15.9 Å². The lowest BCUT2D eigenvalue weighted by atomic mass is 9.96. The lowest BCUT2D eigenvalue weighted by Crippen LogP contribution is -2.37. The number of carbonyl (C=O) groups excluding carboxylic acids is 1. The zero-order valence-electron chi connectivity index (χ0n) is 7.21. The van der Waals surface area contributed by atoms with Crippen LogP contribution in [0.25, 0.3) is 0 Å². The smallest absolute Gasteiger partial charge is 0.219 e. The number of hydrogen-bond donors (Lipinski definition) is 2. The summed E-state index contributed by atoms with van der Waals surface area (Å²) in [6.07, 6.45) is 0.0625. The zero-order valence-corrected chi connectivity index (χ0v) is 8.80. The van der Waals surface area contributed by atoms with E-state index in [1.54, 1.807) is 19.1 Å². The zero-order chi connectivity index (χ0) is 10.1. The molecular weight excluding hydrogens is 236 g/mol. The van der Waals surface area contributed by atoms with E-state index in [0.29, 0.717) is 10.4 Å². The molecule has 0 radical (unpaired) electrons. The highest BCUT2D eigenvalue weighted by atomic mass is 79.9. The van der Waals surface area contributed by atoms with Gasteiger partial charge in [-0.1, -0.05) is 0 Å². The van der Waals surface area contributed by atoms with Gasteiger partial charge in [-0.25, -0.2) is 0 Å². The number of amides is 1. The van der Waals surface area contributed by atoms with Gasteiger partial charge < -0.3 is 15.9 Å². The van der Waals surface area contributed by atoms with Crippen molar-refractivity contribution < 1.29 is 9.21 Å². The Hall–Kier alpha value is -0.810. The summed E-state index contributed by atoms with van der Waals surface area (Å²) in [4.78, 5) is 10.7. The third-order valence-electron chi connectivity index (χ3n) is 1.68. The first-order chi connectivity index (χ1) is 5.92. The average Bonchev–Trinajstić information content (AvgIpc) is 2.32. The van der Waals surface area contributed by atoms with Crippen molar-refractivity contribution in [3.8, 4) is 0 Å². The highest BCUT2D eigenvalue weighted by Crippen LogP contribution is 2.25. The Bertz CT molecular complexity index is 320. The summed E-state index contributed by atoms with van der Waals surface area (Å²) in [7, 11) is 0. The standard InChI is InChI=1S/C8H11BrN2O2/c1-8(11,4-7(10)12)5-2-3-6(9)13-5/h2-3H,4,11H2,1H3,(H2,10,12). The van der Waals surface area contributed by atoms with Gasteiger partial charge in [-0.05, 0) is 35.0 Å². The fraction of sp³-hybridized carbons (Fsp3) is 0.375. The third kappa shape index (κ3) is 2.57. The van der Waals surface area contributed by atoms with Crippen LogP contribution in [0.15, 0.2) is 21.2 Å². The van der Waals surface area contributed by atoms with Crippen LogP contribution in [0.5, 0.6) is 0 Å². The quantitative estimate of drug-likeness (QED) is 0.838. The van der Waals surface area contributed by atoms with Gasteiger partial charge in [0.05, 0.1) is 12.0 Å². The number of carbonyl (C=O) groups is 1. The van der Waals surface area contributed by atoms with Crippen molar-refractivity contribution >= 4 is 21.8 Å². The predicted octanol–water partition coefficient (Wildman–Crippen LogP) is 1.09. The molecule has 0 saturated heterocycles. The van der Waals surface area contributed by atoms with Crippen molar-refractivity contribution in [2.45, 2.75) is 18.9 Å². The summed E-state index contributed by atoms with van der Waals surface area (Å²) < 4.78 is 5.82. The Labute approximate surface area is 84.4 Å². The van der Waals surface area contributed by atoms with Gasteiger partial charge in [0, 0.05) is 0 Å². The summed E-state index contributed by atoms with van der Waals surface area (Å²) in [5.41, 5.74) is 10.1. The van der Waals surface area contributed by atoms with E-state index in [1.807, 2.05) is 0 Å². The normalized spacial score (nSPS) is 15.3. The van der Waals surface area contributed by atoms with E-state index in [1.165, 1.54) is 0 Å². The molecule has 1 aromatic heterocycles. The number of primary amides is 1. The van der Waals surface area contributed by atoms with Gasteiger partial charge in [0.15, 0.2) is 4.67 Å². The van der Waals surface area contributed by atoms with Gasteiger partial charge in [-0.15, -0.1) is 0 Å². The molecule has 1 aromatic rings. The molecule has 1 unspecified atom stereocenters. The second kappa shape index (κ2) is 3.51. The molecule has 1 atom stereocenters. The molecule has 0 spiro atoms. The highest BCUT2D eigenvalue weighted by molar-refractivity contribution is 9.10. The molecule has 5 heteroatoms. The Morgan fingerprint density at radius 3 is 2.69 bits per heavy atom.